The van der Waals surface area contributed by atoms with Gasteiger partial charge in [-0.2, -0.15) is 0 Å². The van der Waals surface area contributed by atoms with Crippen molar-refractivity contribution in [2.24, 2.45) is 5.92 Å². The predicted octanol–water partition coefficient (Wildman–Crippen LogP) is 1.09. The first-order valence-corrected chi connectivity index (χ1v) is 10.0. The van der Waals surface area contributed by atoms with E-state index in [-0.39, 0.29) is 49.0 Å². The summed E-state index contributed by atoms with van der Waals surface area (Å²) >= 11 is 0. The van der Waals surface area contributed by atoms with E-state index in [0.717, 1.165) is 5.69 Å². The van der Waals surface area contributed by atoms with Crippen LogP contribution in [-0.4, -0.2) is 59.4 Å². The average Bonchev–Trinajstić information content (AvgIpc) is 3.17. The summed E-state index contributed by atoms with van der Waals surface area (Å²) in [6, 6.07) is 5.21. The lowest BCUT2D eigenvalue weighted by atomic mass is 9.83. The normalized spacial score (nSPS) is 23.0. The number of carbonyl (C=O) groups excluding carboxylic acids is 1. The SMILES string of the molecule is Cc1ccnc(OCC2CCS(=O)(=O)C23CN(C(=O)c2ccco2)C3)n1. The summed E-state index contributed by atoms with van der Waals surface area (Å²) in [6.07, 6.45) is 3.54. The summed E-state index contributed by atoms with van der Waals surface area (Å²) in [6.45, 7) is 2.38. The zero-order chi connectivity index (χ0) is 18.4. The lowest BCUT2D eigenvalue weighted by Crippen LogP contribution is -2.68. The van der Waals surface area contributed by atoms with E-state index in [4.69, 9.17) is 9.15 Å². The molecule has 2 aromatic rings. The first kappa shape index (κ1) is 17.0. The highest BCUT2D eigenvalue weighted by Crippen LogP contribution is 2.45. The molecule has 2 aliphatic rings. The highest BCUT2D eigenvalue weighted by molar-refractivity contribution is 7.93. The van der Waals surface area contributed by atoms with Gasteiger partial charge in [-0.05, 0) is 31.5 Å². The topological polar surface area (TPSA) is 103 Å². The molecule has 4 heterocycles. The van der Waals surface area contributed by atoms with Crippen LogP contribution in [0.1, 0.15) is 22.7 Å². The molecule has 9 heteroatoms. The van der Waals surface area contributed by atoms with E-state index in [9.17, 15) is 13.2 Å². The molecule has 2 fully saturated rings. The van der Waals surface area contributed by atoms with E-state index < -0.39 is 14.6 Å². The Labute approximate surface area is 151 Å². The van der Waals surface area contributed by atoms with Crippen molar-refractivity contribution < 1.29 is 22.4 Å². The van der Waals surface area contributed by atoms with Gasteiger partial charge in [0.15, 0.2) is 15.6 Å². The molecule has 0 aromatic carbocycles. The van der Waals surface area contributed by atoms with Crippen LogP contribution in [0.2, 0.25) is 0 Å². The van der Waals surface area contributed by atoms with Crippen molar-refractivity contribution in [1.29, 1.82) is 0 Å². The van der Waals surface area contributed by atoms with E-state index in [0.29, 0.717) is 6.42 Å². The van der Waals surface area contributed by atoms with Crippen molar-refractivity contribution in [2.45, 2.75) is 18.1 Å². The predicted molar refractivity (Wildman–Crippen MR) is 91.5 cm³/mol. The summed E-state index contributed by atoms with van der Waals surface area (Å²) in [4.78, 5) is 22.1. The Bertz CT molecular complexity index is 920. The van der Waals surface area contributed by atoms with Crippen LogP contribution in [0.5, 0.6) is 6.01 Å². The summed E-state index contributed by atoms with van der Waals surface area (Å²) in [5.41, 5.74) is 0.780. The largest absolute Gasteiger partial charge is 0.463 e. The number of nitrogens with zero attached hydrogens (tertiary/aromatic N) is 3. The summed E-state index contributed by atoms with van der Waals surface area (Å²) in [5.74, 6) is -0.156. The van der Waals surface area contributed by atoms with Gasteiger partial charge in [0.1, 0.15) is 4.75 Å². The standard InChI is InChI=1S/C17H19N3O5S/c1-12-4-6-18-16(19-12)25-9-13-5-8-26(22,23)17(13)10-20(11-17)15(21)14-3-2-7-24-14/h2-4,6-7,13H,5,8-11H2,1H3. The van der Waals surface area contributed by atoms with Gasteiger partial charge in [0, 0.05) is 30.9 Å². The number of furan rings is 1. The molecule has 1 atom stereocenters. The summed E-state index contributed by atoms with van der Waals surface area (Å²) in [5, 5.41) is 0. The fraction of sp³-hybridized carbons (Fsp3) is 0.471. The van der Waals surface area contributed by atoms with Crippen molar-refractivity contribution in [2.75, 3.05) is 25.4 Å². The Morgan fingerprint density at radius 1 is 1.42 bits per heavy atom. The number of sulfone groups is 1. The molecule has 138 valence electrons. The molecule has 26 heavy (non-hydrogen) atoms. The molecule has 0 radical (unpaired) electrons. The van der Waals surface area contributed by atoms with Crippen molar-refractivity contribution in [3.05, 3.63) is 42.1 Å². The van der Waals surface area contributed by atoms with E-state index >= 15 is 0 Å². The van der Waals surface area contributed by atoms with Gasteiger partial charge < -0.3 is 14.1 Å². The Hall–Kier alpha value is -2.42. The lowest BCUT2D eigenvalue weighted by Gasteiger charge is -2.49. The molecular formula is C17H19N3O5S. The van der Waals surface area contributed by atoms with Crippen LogP contribution in [0.25, 0.3) is 0 Å². The minimum atomic E-state index is -3.29. The smallest absolute Gasteiger partial charge is 0.316 e. The van der Waals surface area contributed by atoms with Crippen LogP contribution in [0.15, 0.2) is 35.1 Å². The number of aromatic nitrogens is 2. The van der Waals surface area contributed by atoms with Gasteiger partial charge in [-0.15, -0.1) is 0 Å². The first-order valence-electron chi connectivity index (χ1n) is 8.39. The number of hydrogen-bond acceptors (Lipinski definition) is 7. The number of carbonyl (C=O) groups is 1. The van der Waals surface area contributed by atoms with E-state index in [2.05, 4.69) is 9.97 Å². The third-order valence-corrected chi connectivity index (χ3v) is 7.82. The fourth-order valence-electron chi connectivity index (χ4n) is 3.68. The second-order valence-electron chi connectivity index (χ2n) is 6.80. The third-order valence-electron chi connectivity index (χ3n) is 5.22. The molecule has 2 aromatic heterocycles. The number of amides is 1. The zero-order valence-corrected chi connectivity index (χ0v) is 15.1. The van der Waals surface area contributed by atoms with Gasteiger partial charge >= 0.3 is 6.01 Å². The van der Waals surface area contributed by atoms with Crippen molar-refractivity contribution in [3.63, 3.8) is 0 Å². The van der Waals surface area contributed by atoms with Crippen molar-refractivity contribution >= 4 is 15.7 Å². The molecule has 0 saturated carbocycles. The maximum Gasteiger partial charge on any atom is 0.316 e. The maximum absolute atomic E-state index is 12.6. The van der Waals surface area contributed by atoms with Crippen LogP contribution in [0.4, 0.5) is 0 Å². The molecule has 0 aliphatic carbocycles. The lowest BCUT2D eigenvalue weighted by molar-refractivity contribution is 0.0375. The van der Waals surface area contributed by atoms with E-state index in [1.165, 1.54) is 11.2 Å². The van der Waals surface area contributed by atoms with Gasteiger partial charge in [0.05, 0.1) is 18.6 Å². The van der Waals surface area contributed by atoms with Gasteiger partial charge in [-0.25, -0.2) is 18.4 Å². The first-order chi connectivity index (χ1) is 12.4. The van der Waals surface area contributed by atoms with E-state index in [1.807, 2.05) is 6.92 Å². The minimum absolute atomic E-state index is 0.110. The molecule has 0 bridgehead atoms. The zero-order valence-electron chi connectivity index (χ0n) is 14.3. The summed E-state index contributed by atoms with van der Waals surface area (Å²) < 4.78 is 35.1. The Morgan fingerprint density at radius 3 is 2.92 bits per heavy atom. The van der Waals surface area contributed by atoms with Gasteiger partial charge in [-0.3, -0.25) is 4.79 Å². The second kappa shape index (κ2) is 6.08. The van der Waals surface area contributed by atoms with Crippen LogP contribution >= 0.6 is 0 Å². The molecule has 2 saturated heterocycles. The van der Waals surface area contributed by atoms with Crippen LogP contribution in [-0.2, 0) is 9.84 Å². The molecule has 1 amide bonds. The molecule has 8 nitrogen and oxygen atoms in total. The molecule has 2 aliphatic heterocycles. The minimum Gasteiger partial charge on any atom is -0.463 e. The highest BCUT2D eigenvalue weighted by Gasteiger charge is 2.63. The highest BCUT2D eigenvalue weighted by atomic mass is 32.2. The van der Waals surface area contributed by atoms with E-state index in [1.54, 1.807) is 24.4 Å². The number of rotatable bonds is 4. The van der Waals surface area contributed by atoms with Crippen molar-refractivity contribution in [1.82, 2.24) is 14.9 Å². The number of hydrogen-bond donors (Lipinski definition) is 0. The van der Waals surface area contributed by atoms with Gasteiger partial charge in [0.25, 0.3) is 5.91 Å². The Morgan fingerprint density at radius 2 is 2.23 bits per heavy atom. The van der Waals surface area contributed by atoms with Gasteiger partial charge in [0.2, 0.25) is 0 Å². The van der Waals surface area contributed by atoms with Crippen LogP contribution in [0, 0.1) is 12.8 Å². The molecular weight excluding hydrogens is 358 g/mol. The van der Waals surface area contributed by atoms with Gasteiger partial charge in [-0.1, -0.05) is 0 Å². The third kappa shape index (κ3) is 2.66. The molecule has 0 N–H and O–H groups in total. The molecule has 1 spiro atoms. The maximum atomic E-state index is 12.6. The molecule has 4 rings (SSSR count). The average molecular weight is 377 g/mol. The van der Waals surface area contributed by atoms with Crippen molar-refractivity contribution in [3.8, 4) is 6.01 Å². The van der Waals surface area contributed by atoms with Crippen LogP contribution in [0.3, 0.4) is 0 Å². The second-order valence-corrected chi connectivity index (χ2v) is 9.25. The fourth-order valence-corrected chi connectivity index (χ4v) is 6.08. The Kier molecular flexibility index (Phi) is 3.98. The number of ether oxygens (including phenoxy) is 1. The number of likely N-dealkylation sites (tertiary alicyclic amines) is 1. The number of aryl methyl sites for hydroxylation is 1. The quantitative estimate of drug-likeness (QED) is 0.786. The summed E-state index contributed by atoms with van der Waals surface area (Å²) in [7, 11) is -3.29. The molecule has 1 unspecified atom stereocenters. The van der Waals surface area contributed by atoms with Crippen LogP contribution < -0.4 is 4.74 Å². The monoisotopic (exact) mass is 377 g/mol. The Balaban J connectivity index is 1.47.